The van der Waals surface area contributed by atoms with Gasteiger partial charge >= 0.3 is 0 Å². The van der Waals surface area contributed by atoms with Crippen molar-refractivity contribution in [3.63, 3.8) is 0 Å². The molecular formula is C101H102N8O3S8. The fourth-order valence-electron chi connectivity index (χ4n) is 18.2. The van der Waals surface area contributed by atoms with Crippen molar-refractivity contribution in [1.29, 1.82) is 21.0 Å². The monoisotopic (exact) mass is 1730 g/mol. The van der Waals surface area contributed by atoms with Crippen molar-refractivity contribution in [2.24, 2.45) is 0 Å². The van der Waals surface area contributed by atoms with E-state index in [4.69, 9.17) is 31.7 Å². The van der Waals surface area contributed by atoms with E-state index in [0.717, 1.165) is 122 Å². The van der Waals surface area contributed by atoms with E-state index in [2.05, 4.69) is 161 Å². The average molecular weight is 1730 g/mol. The number of thiophene rings is 6. The Morgan fingerprint density at radius 1 is 0.325 bits per heavy atom. The molecule has 6 aromatic carbocycles. The largest absolute Gasteiger partial charge is 0.494 e. The quantitative estimate of drug-likeness (QED) is 0.0262. The zero-order valence-electron chi connectivity index (χ0n) is 69.3. The van der Waals surface area contributed by atoms with Gasteiger partial charge in [-0.15, -0.1) is 68.0 Å². The molecule has 0 spiro atoms. The van der Waals surface area contributed by atoms with E-state index in [0.29, 0.717) is 42.0 Å². The van der Waals surface area contributed by atoms with Crippen LogP contribution in [-0.4, -0.2) is 37.3 Å². The SMILES string of the molecule is CCCCCCCCCCCCOc1ccc(C2(c3ccc(C)cc3)c3c(sc4cc(-c5ccc(C=C(C#N)C#N)c6nsnc56)sc34)-c3sc4c5c(sc4c32)-c2sc3cc(-c4ccc(C=C(C#N)C#N)c6nsnc46)sc3c2C5(c2ccc(OCCCCCCCCCCCC)cc2)c2ccc(OCCCCCCCCCCCC)cc2)cc1. The lowest BCUT2D eigenvalue weighted by atomic mass is 9.67. The Bertz CT molecular complexity index is 6050. The Morgan fingerprint density at radius 3 is 0.925 bits per heavy atom. The van der Waals surface area contributed by atoms with E-state index in [1.165, 1.54) is 241 Å². The molecule has 0 aliphatic heterocycles. The van der Waals surface area contributed by atoms with Crippen LogP contribution in [0.4, 0.5) is 0 Å². The van der Waals surface area contributed by atoms with Crippen LogP contribution in [0.1, 0.15) is 275 Å². The summed E-state index contributed by atoms with van der Waals surface area (Å²) in [4.78, 5) is 7.26. The maximum Gasteiger partial charge on any atom is 0.130 e. The molecule has 1 unspecified atom stereocenters. The minimum absolute atomic E-state index is 0.0138. The number of nitrogens with zero attached hydrogens (tertiary/aromatic N) is 8. The zero-order valence-corrected chi connectivity index (χ0v) is 75.8. The van der Waals surface area contributed by atoms with Crippen LogP contribution in [-0.2, 0) is 10.8 Å². The molecule has 0 bridgehead atoms. The Kier molecular flexibility index (Phi) is 28.0. The molecule has 14 aromatic rings. The molecule has 0 fully saturated rings. The van der Waals surface area contributed by atoms with Gasteiger partial charge in [0.2, 0.25) is 0 Å². The van der Waals surface area contributed by atoms with Gasteiger partial charge in [-0.25, -0.2) is 0 Å². The van der Waals surface area contributed by atoms with Gasteiger partial charge in [0.05, 0.1) is 92.4 Å². The number of rotatable bonds is 44. The molecule has 19 heteroatoms. The summed E-state index contributed by atoms with van der Waals surface area (Å²) in [5.74, 6) is 2.61. The van der Waals surface area contributed by atoms with Crippen LogP contribution in [0.3, 0.4) is 0 Å². The van der Waals surface area contributed by atoms with Crippen molar-refractivity contribution in [1.82, 2.24) is 17.5 Å². The number of ether oxygens (including phenoxy) is 3. The first-order valence-corrected chi connectivity index (χ1v) is 50.1. The maximum atomic E-state index is 9.89. The molecule has 0 amide bonds. The number of hydrogen-bond acceptors (Lipinski definition) is 19. The van der Waals surface area contributed by atoms with Gasteiger partial charge in [-0.05, 0) is 109 Å². The predicted molar refractivity (Wildman–Crippen MR) is 509 cm³/mol. The minimum Gasteiger partial charge on any atom is -0.494 e. The topological polar surface area (TPSA) is 174 Å². The lowest BCUT2D eigenvalue weighted by Crippen LogP contribution is -2.29. The second-order valence-electron chi connectivity index (χ2n) is 32.4. The van der Waals surface area contributed by atoms with Crippen molar-refractivity contribution >= 4 is 154 Å². The molecule has 11 nitrogen and oxygen atoms in total. The molecule has 16 rings (SSSR count). The smallest absolute Gasteiger partial charge is 0.130 e. The van der Waals surface area contributed by atoms with E-state index in [9.17, 15) is 21.0 Å². The van der Waals surface area contributed by atoms with Crippen LogP contribution in [0.5, 0.6) is 17.2 Å². The number of fused-ring (bicyclic) bond motifs is 15. The third kappa shape index (κ3) is 17.1. The Morgan fingerprint density at radius 2 is 0.608 bits per heavy atom. The third-order valence-electron chi connectivity index (χ3n) is 24.3. The number of aromatic nitrogens is 4. The maximum absolute atomic E-state index is 9.89. The summed E-state index contributed by atoms with van der Waals surface area (Å²) in [6.45, 7) is 11.0. The molecule has 0 saturated heterocycles. The molecule has 120 heavy (non-hydrogen) atoms. The van der Waals surface area contributed by atoms with Gasteiger partial charge in [0.15, 0.2) is 0 Å². The number of aryl methyl sites for hydroxylation is 1. The second-order valence-corrected chi connectivity index (χ2v) is 39.7. The first-order valence-electron chi connectivity index (χ1n) is 43.7. The molecule has 8 heterocycles. The third-order valence-corrected chi connectivity index (χ3v) is 33.1. The number of hydrogen-bond donors (Lipinski definition) is 0. The van der Waals surface area contributed by atoms with Gasteiger partial charge in [0.25, 0.3) is 0 Å². The normalized spacial score (nSPS) is 13.7. The van der Waals surface area contributed by atoms with Crippen molar-refractivity contribution in [3.8, 4) is 81.9 Å². The van der Waals surface area contributed by atoms with Crippen LogP contribution in [0.2, 0.25) is 0 Å². The summed E-state index contributed by atoms with van der Waals surface area (Å²) in [5, 5.41) is 39.5. The number of unbranched alkanes of at least 4 members (excludes halogenated alkanes) is 27. The van der Waals surface area contributed by atoms with Gasteiger partial charge in [-0.2, -0.15) is 38.5 Å². The Labute approximate surface area is 739 Å². The average Bonchev–Trinajstić information content (AvgIpc) is 1.48. The first kappa shape index (κ1) is 84.4. The Hall–Kier alpha value is -9.22. The lowest BCUT2D eigenvalue weighted by Gasteiger charge is -2.34. The highest BCUT2D eigenvalue weighted by molar-refractivity contribution is 7.38. The molecule has 0 radical (unpaired) electrons. The highest BCUT2D eigenvalue weighted by Gasteiger charge is 2.56. The van der Waals surface area contributed by atoms with Crippen LogP contribution < -0.4 is 14.2 Å². The fraction of sp³-hybridized carbons (Fsp3) is 0.386. The van der Waals surface area contributed by atoms with Crippen LogP contribution >= 0.6 is 91.5 Å². The molecule has 2 aliphatic carbocycles. The summed E-state index contributed by atoms with van der Waals surface area (Å²) >= 11 is 13.6. The van der Waals surface area contributed by atoms with E-state index >= 15 is 0 Å². The summed E-state index contributed by atoms with van der Waals surface area (Å²) in [6, 6.07) is 58.0. The van der Waals surface area contributed by atoms with Gasteiger partial charge in [-0.1, -0.05) is 285 Å². The minimum atomic E-state index is -0.859. The van der Waals surface area contributed by atoms with Crippen molar-refractivity contribution in [2.45, 2.75) is 231 Å². The van der Waals surface area contributed by atoms with E-state index in [-0.39, 0.29) is 11.1 Å². The first-order chi connectivity index (χ1) is 59.2. The molecule has 8 aromatic heterocycles. The summed E-state index contributed by atoms with van der Waals surface area (Å²) < 4.78 is 47.1. The Balaban J connectivity index is 0.859. The van der Waals surface area contributed by atoms with Gasteiger partial charge in [0, 0.05) is 63.7 Å². The van der Waals surface area contributed by atoms with Crippen LogP contribution in [0.15, 0.2) is 145 Å². The summed E-state index contributed by atoms with van der Waals surface area (Å²) in [5.41, 5.74) is 15.6. The van der Waals surface area contributed by atoms with Crippen molar-refractivity contribution in [3.05, 3.63) is 206 Å². The molecule has 2 aliphatic rings. The zero-order chi connectivity index (χ0) is 82.4. The van der Waals surface area contributed by atoms with Gasteiger partial charge < -0.3 is 14.2 Å². The molecule has 0 saturated carbocycles. The highest BCUT2D eigenvalue weighted by atomic mass is 32.1. The molecule has 612 valence electrons. The van der Waals surface area contributed by atoms with E-state index < -0.39 is 10.8 Å². The second kappa shape index (κ2) is 39.7. The van der Waals surface area contributed by atoms with Crippen molar-refractivity contribution in [2.75, 3.05) is 19.8 Å². The van der Waals surface area contributed by atoms with E-state index in [1.807, 2.05) is 92.3 Å². The van der Waals surface area contributed by atoms with Crippen LogP contribution in [0.25, 0.3) is 103 Å². The van der Waals surface area contributed by atoms with Gasteiger partial charge in [-0.3, -0.25) is 0 Å². The van der Waals surface area contributed by atoms with Crippen molar-refractivity contribution < 1.29 is 14.2 Å². The fourth-order valence-corrected chi connectivity index (χ4v) is 28.3. The summed E-state index contributed by atoms with van der Waals surface area (Å²) in [6.07, 6.45) is 41.1. The lowest BCUT2D eigenvalue weighted by molar-refractivity contribution is 0.304. The van der Waals surface area contributed by atoms with E-state index in [1.54, 1.807) is 12.2 Å². The van der Waals surface area contributed by atoms with Gasteiger partial charge in [0.1, 0.15) is 74.7 Å². The van der Waals surface area contributed by atoms with Crippen LogP contribution in [0, 0.1) is 52.2 Å². The predicted octanol–water partition coefficient (Wildman–Crippen LogP) is 31.7. The molecule has 0 N–H and O–H groups in total. The highest BCUT2D eigenvalue weighted by Crippen LogP contribution is 2.73. The number of benzene rings is 6. The number of allylic oxidation sites excluding steroid dienone is 2. The molecular weight excluding hydrogens is 1630 g/mol. The molecule has 1 atom stereocenters. The summed E-state index contributed by atoms with van der Waals surface area (Å²) in [7, 11) is 0. The number of nitriles is 4. The standard InChI is InChI=1S/C101H102N8O3S8/c1-5-8-11-14-17-20-23-26-29-32-55-110-75-47-41-72(42-48-75)100(71-39-35-66(4)36-40-71)84-92-82(60-80(113-92)78-53-37-69(58-67(62-102)63-103)88-90(78)108-119-106-88)115-94(84)96-86(100)98-99(117-96)87-97(118-98)95-85(93-83(116-95)61-81(114-93)79-54-38-70(59-68(64-104)65-105)89-91(79)109-120-107-89)101(87,73-43-49-76(50-44-73)111-56-33-30-27-24-21-18-15-12-9-6-2)74-45-51-77(52-46-74)112-57-34-31-28-25-22-19-16-13-10-7-3/h35-54,58-61H,5-34,55-57H2,1-4H3.